The molecule has 0 radical (unpaired) electrons. The van der Waals surface area contributed by atoms with Crippen LogP contribution in [-0.2, 0) is 22.7 Å². The second-order valence-electron chi connectivity index (χ2n) is 5.74. The molecule has 0 saturated heterocycles. The highest BCUT2D eigenvalue weighted by molar-refractivity contribution is 6.14. The smallest absolute Gasteiger partial charge is 0.286 e. The zero-order chi connectivity index (χ0) is 20.7. The van der Waals surface area contributed by atoms with E-state index in [1.165, 1.54) is 36.4 Å². The van der Waals surface area contributed by atoms with Gasteiger partial charge in [0.2, 0.25) is 5.78 Å². The van der Waals surface area contributed by atoms with Crippen molar-refractivity contribution in [1.82, 2.24) is 0 Å². The molecule has 0 saturated carbocycles. The fourth-order valence-electron chi connectivity index (χ4n) is 2.78. The third-order valence-electron chi connectivity index (χ3n) is 4.02. The third-order valence-corrected chi connectivity index (χ3v) is 4.02. The maximum atomic E-state index is 13.1. The van der Waals surface area contributed by atoms with Crippen molar-refractivity contribution in [2.24, 2.45) is 0 Å². The maximum Gasteiger partial charge on any atom is 0.286 e. The van der Waals surface area contributed by atoms with Crippen LogP contribution in [0.5, 0.6) is 0 Å². The molecule has 9 heteroatoms. The van der Waals surface area contributed by atoms with E-state index in [0.29, 0.717) is 13.2 Å². The van der Waals surface area contributed by atoms with E-state index in [1.54, 1.807) is 13.8 Å². The zero-order valence-corrected chi connectivity index (χ0v) is 15.5. The van der Waals surface area contributed by atoms with Crippen molar-refractivity contribution >= 4 is 17.2 Å². The van der Waals surface area contributed by atoms with E-state index in [9.17, 15) is 25.0 Å². The van der Waals surface area contributed by atoms with Crippen LogP contribution in [0.3, 0.4) is 0 Å². The van der Waals surface area contributed by atoms with Crippen molar-refractivity contribution in [3.8, 4) is 0 Å². The van der Waals surface area contributed by atoms with Gasteiger partial charge in [0.1, 0.15) is 11.1 Å². The molecule has 0 aliphatic heterocycles. The van der Waals surface area contributed by atoms with E-state index in [1.807, 2.05) is 0 Å². The van der Waals surface area contributed by atoms with E-state index in [4.69, 9.17) is 9.47 Å². The number of nitro benzene ring substituents is 2. The second kappa shape index (κ2) is 9.67. The minimum absolute atomic E-state index is 0.0413. The minimum atomic E-state index is -0.796. The first kappa shape index (κ1) is 21.1. The number of para-hydroxylation sites is 2. The van der Waals surface area contributed by atoms with Crippen LogP contribution in [-0.4, -0.2) is 28.8 Å². The summed E-state index contributed by atoms with van der Waals surface area (Å²) in [5.74, 6) is -0.796. The Kier molecular flexibility index (Phi) is 7.30. The summed E-state index contributed by atoms with van der Waals surface area (Å²) in [5.41, 5.74) is -0.815. The van der Waals surface area contributed by atoms with Gasteiger partial charge >= 0.3 is 0 Å². The van der Waals surface area contributed by atoms with Gasteiger partial charge in [-0.1, -0.05) is 12.1 Å². The van der Waals surface area contributed by atoms with Crippen LogP contribution in [0.1, 0.15) is 40.9 Å². The summed E-state index contributed by atoms with van der Waals surface area (Å²) in [5, 5.41) is 23.2. The van der Waals surface area contributed by atoms with Gasteiger partial charge in [-0.2, -0.15) is 0 Å². The van der Waals surface area contributed by atoms with E-state index in [2.05, 4.69) is 0 Å². The van der Waals surface area contributed by atoms with Crippen LogP contribution in [0.2, 0.25) is 0 Å². The lowest BCUT2D eigenvalue weighted by Crippen LogP contribution is -2.12. The molecule has 0 aromatic heterocycles. The Balaban J connectivity index is 2.60. The topological polar surface area (TPSA) is 122 Å². The fraction of sp³-hybridized carbons (Fsp3) is 0.316. The number of carbonyl (C=O) groups is 1. The summed E-state index contributed by atoms with van der Waals surface area (Å²) in [6.45, 7) is 4.10. The van der Waals surface area contributed by atoms with Crippen molar-refractivity contribution in [2.75, 3.05) is 13.2 Å². The van der Waals surface area contributed by atoms with Gasteiger partial charge in [0, 0.05) is 13.2 Å². The number of ether oxygens (including phenoxy) is 2. The molecule has 0 spiro atoms. The van der Waals surface area contributed by atoms with Crippen molar-refractivity contribution < 1.29 is 24.1 Å². The molecule has 0 N–H and O–H groups in total. The van der Waals surface area contributed by atoms with Gasteiger partial charge in [0.15, 0.2) is 0 Å². The van der Waals surface area contributed by atoms with E-state index in [0.717, 1.165) is 0 Å². The number of carbonyl (C=O) groups excluding carboxylic acids is 1. The average molecular weight is 388 g/mol. The largest absolute Gasteiger partial charge is 0.377 e. The van der Waals surface area contributed by atoms with Crippen LogP contribution >= 0.6 is 0 Å². The first-order valence-corrected chi connectivity index (χ1v) is 8.65. The highest BCUT2D eigenvalue weighted by Crippen LogP contribution is 2.31. The molecule has 2 aromatic rings. The molecule has 2 rings (SSSR count). The third kappa shape index (κ3) is 4.56. The summed E-state index contributed by atoms with van der Waals surface area (Å²) in [7, 11) is 0. The van der Waals surface area contributed by atoms with Gasteiger partial charge in [-0.15, -0.1) is 0 Å². The van der Waals surface area contributed by atoms with Crippen LogP contribution < -0.4 is 0 Å². The van der Waals surface area contributed by atoms with Crippen LogP contribution in [0.4, 0.5) is 11.4 Å². The predicted molar refractivity (Wildman–Crippen MR) is 100 cm³/mol. The maximum absolute atomic E-state index is 13.1. The molecule has 0 atom stereocenters. The van der Waals surface area contributed by atoms with Crippen molar-refractivity contribution in [3.63, 3.8) is 0 Å². The molecular formula is C19H20N2O7. The zero-order valence-electron chi connectivity index (χ0n) is 15.5. The Bertz CT molecular complexity index is 824. The summed E-state index contributed by atoms with van der Waals surface area (Å²) >= 11 is 0. The Hall–Kier alpha value is -3.17. The first-order chi connectivity index (χ1) is 13.4. The van der Waals surface area contributed by atoms with Gasteiger partial charge in [0.25, 0.3) is 11.4 Å². The first-order valence-electron chi connectivity index (χ1n) is 8.65. The Morgan fingerprint density at radius 2 is 1.21 bits per heavy atom. The molecule has 2 aromatic carbocycles. The Morgan fingerprint density at radius 1 is 0.821 bits per heavy atom. The molecular weight excluding hydrogens is 368 g/mol. The lowest BCUT2D eigenvalue weighted by molar-refractivity contribution is -0.386. The molecule has 0 amide bonds. The van der Waals surface area contributed by atoms with Gasteiger partial charge < -0.3 is 9.47 Å². The summed E-state index contributed by atoms with van der Waals surface area (Å²) < 4.78 is 10.5. The number of hydrogen-bond donors (Lipinski definition) is 0. The molecule has 148 valence electrons. The lowest BCUT2D eigenvalue weighted by Gasteiger charge is -2.10. The molecule has 28 heavy (non-hydrogen) atoms. The van der Waals surface area contributed by atoms with Crippen LogP contribution in [0.15, 0.2) is 36.4 Å². The number of hydrogen-bond acceptors (Lipinski definition) is 7. The van der Waals surface area contributed by atoms with E-state index < -0.39 is 27.0 Å². The Labute approximate surface area is 161 Å². The molecule has 0 aliphatic carbocycles. The number of nitro groups is 2. The highest BCUT2D eigenvalue weighted by Gasteiger charge is 2.31. The standard InChI is InChI=1S/C19H20N2O7/c1-3-27-11-13-7-5-9-15(17(13)20(23)24)19(22)16-10-6-8-14(12-28-4-2)18(16)21(25)26/h5-10H,3-4,11-12H2,1-2H3. The normalized spacial score (nSPS) is 10.6. The molecule has 0 unspecified atom stereocenters. The molecule has 0 fully saturated rings. The average Bonchev–Trinajstić information content (AvgIpc) is 2.69. The molecule has 0 heterocycles. The molecule has 9 nitrogen and oxygen atoms in total. The van der Waals surface area contributed by atoms with Crippen molar-refractivity contribution in [2.45, 2.75) is 27.1 Å². The Morgan fingerprint density at radius 3 is 1.54 bits per heavy atom. The number of ketones is 1. The van der Waals surface area contributed by atoms with E-state index >= 15 is 0 Å². The SMILES string of the molecule is CCOCc1cccc(C(=O)c2cccc(COCC)c2[N+](=O)[O-])c1[N+](=O)[O-]. The quantitative estimate of drug-likeness (QED) is 0.344. The predicted octanol–water partition coefficient (Wildman–Crippen LogP) is 3.81. The monoisotopic (exact) mass is 388 g/mol. The van der Waals surface area contributed by atoms with E-state index in [-0.39, 0.29) is 35.5 Å². The number of benzene rings is 2. The second-order valence-corrected chi connectivity index (χ2v) is 5.74. The molecule has 0 bridgehead atoms. The summed E-state index contributed by atoms with van der Waals surface area (Å²) in [6.07, 6.45) is 0. The highest BCUT2D eigenvalue weighted by atomic mass is 16.6. The minimum Gasteiger partial charge on any atom is -0.377 e. The van der Waals surface area contributed by atoms with Crippen LogP contribution in [0.25, 0.3) is 0 Å². The summed E-state index contributed by atoms with van der Waals surface area (Å²) in [4.78, 5) is 34.9. The number of nitrogens with zero attached hydrogens (tertiary/aromatic N) is 2. The van der Waals surface area contributed by atoms with Gasteiger partial charge in [-0.3, -0.25) is 25.0 Å². The van der Waals surface area contributed by atoms with Gasteiger partial charge in [0.05, 0.1) is 34.2 Å². The lowest BCUT2D eigenvalue weighted by atomic mass is 9.96. The van der Waals surface area contributed by atoms with Crippen LogP contribution in [0, 0.1) is 20.2 Å². The molecule has 0 aliphatic rings. The van der Waals surface area contributed by atoms with Gasteiger partial charge in [-0.05, 0) is 38.1 Å². The van der Waals surface area contributed by atoms with Gasteiger partial charge in [-0.25, -0.2) is 0 Å². The van der Waals surface area contributed by atoms with Crippen molar-refractivity contribution in [1.29, 1.82) is 0 Å². The summed E-state index contributed by atoms with van der Waals surface area (Å²) in [6, 6.07) is 8.54. The fourth-order valence-corrected chi connectivity index (χ4v) is 2.78. The van der Waals surface area contributed by atoms with Crippen molar-refractivity contribution in [3.05, 3.63) is 78.9 Å². The number of rotatable bonds is 10.